The molecule has 24 heavy (non-hydrogen) atoms. The highest BCUT2D eigenvalue weighted by Crippen LogP contribution is 2.29. The van der Waals surface area contributed by atoms with Crippen LogP contribution in [0.1, 0.15) is 12.5 Å². The molecule has 0 aliphatic heterocycles. The van der Waals surface area contributed by atoms with Crippen LogP contribution in [0.4, 0.5) is 18.9 Å². The fraction of sp³-hybridized carbons (Fsp3) is 0.200. The first kappa shape index (κ1) is 17.9. The number of anilines is 1. The van der Waals surface area contributed by atoms with Gasteiger partial charge in [-0.25, -0.2) is 0 Å². The topological polar surface area (TPSA) is 71.2 Å². The Labute approximate surface area is 139 Å². The number of amides is 1. The number of carbonyl (C=O) groups excluding carboxylic acids is 1. The molecule has 128 valence electrons. The van der Waals surface area contributed by atoms with Crippen molar-refractivity contribution >= 4 is 23.2 Å². The van der Waals surface area contributed by atoms with E-state index in [0.717, 1.165) is 0 Å². The van der Waals surface area contributed by atoms with E-state index < -0.39 is 35.0 Å². The van der Waals surface area contributed by atoms with Crippen molar-refractivity contribution in [3.63, 3.8) is 0 Å². The van der Waals surface area contributed by atoms with Gasteiger partial charge >= 0.3 is 6.18 Å². The number of para-hydroxylation sites is 1. The second kappa shape index (κ2) is 6.96. The highest BCUT2D eigenvalue weighted by molar-refractivity contribution is 6.32. The van der Waals surface area contributed by atoms with Crippen LogP contribution in [0, 0.1) is 0 Å². The lowest BCUT2D eigenvalue weighted by Crippen LogP contribution is -2.32. The molecule has 0 fully saturated rings. The standard InChI is InChI=1S/C15H12ClF3N2O3/c1-8(24-12-5-3-2-4-10(12)16)13(22)21-11-6-9(15(17,18)19)7-20-14(11)23/h2-8H,1H3,(H,20,23)(H,21,22)/t8-/m0/s1. The van der Waals surface area contributed by atoms with Crippen LogP contribution in [-0.2, 0) is 11.0 Å². The molecule has 1 aromatic carbocycles. The number of halogens is 4. The quantitative estimate of drug-likeness (QED) is 0.877. The number of aromatic nitrogens is 1. The van der Waals surface area contributed by atoms with E-state index in [1.165, 1.54) is 13.0 Å². The van der Waals surface area contributed by atoms with Crippen LogP contribution in [0.3, 0.4) is 0 Å². The summed E-state index contributed by atoms with van der Waals surface area (Å²) in [7, 11) is 0. The number of hydrogen-bond donors (Lipinski definition) is 2. The SMILES string of the molecule is C[C@H](Oc1ccccc1Cl)C(=O)Nc1cc(C(F)(F)F)c[nH]c1=O. The maximum atomic E-state index is 12.7. The smallest absolute Gasteiger partial charge is 0.417 e. The van der Waals surface area contributed by atoms with Gasteiger partial charge in [0.15, 0.2) is 6.10 Å². The van der Waals surface area contributed by atoms with Crippen LogP contribution >= 0.6 is 11.6 Å². The lowest BCUT2D eigenvalue weighted by molar-refractivity contribution is -0.137. The van der Waals surface area contributed by atoms with E-state index >= 15 is 0 Å². The number of aromatic amines is 1. The first-order valence-electron chi connectivity index (χ1n) is 6.70. The van der Waals surface area contributed by atoms with Crippen molar-refractivity contribution in [2.75, 3.05) is 5.32 Å². The summed E-state index contributed by atoms with van der Waals surface area (Å²) in [6.45, 7) is 1.38. The first-order valence-corrected chi connectivity index (χ1v) is 7.08. The van der Waals surface area contributed by atoms with Crippen molar-refractivity contribution in [1.29, 1.82) is 0 Å². The maximum absolute atomic E-state index is 12.7. The second-order valence-electron chi connectivity index (χ2n) is 4.81. The van der Waals surface area contributed by atoms with Crippen LogP contribution in [0.25, 0.3) is 0 Å². The summed E-state index contributed by atoms with van der Waals surface area (Å²) in [5.41, 5.74) is -2.47. The number of nitrogens with one attached hydrogen (secondary N) is 2. The van der Waals surface area contributed by atoms with E-state index in [4.69, 9.17) is 16.3 Å². The molecule has 1 aromatic heterocycles. The third-order valence-electron chi connectivity index (χ3n) is 3.00. The molecule has 0 saturated heterocycles. The minimum Gasteiger partial charge on any atom is -0.479 e. The fourth-order valence-electron chi connectivity index (χ4n) is 1.76. The van der Waals surface area contributed by atoms with E-state index in [1.807, 2.05) is 4.98 Å². The summed E-state index contributed by atoms with van der Waals surface area (Å²) >= 11 is 5.89. The van der Waals surface area contributed by atoms with Gasteiger partial charge in [-0.3, -0.25) is 9.59 Å². The Morgan fingerprint density at radius 2 is 2.00 bits per heavy atom. The van der Waals surface area contributed by atoms with Gasteiger partial charge in [-0.1, -0.05) is 23.7 Å². The third-order valence-corrected chi connectivity index (χ3v) is 3.31. The van der Waals surface area contributed by atoms with E-state index in [1.54, 1.807) is 18.2 Å². The van der Waals surface area contributed by atoms with Crippen LogP contribution in [0.5, 0.6) is 5.75 Å². The summed E-state index contributed by atoms with van der Waals surface area (Å²) in [5, 5.41) is 2.38. The molecule has 0 radical (unpaired) electrons. The largest absolute Gasteiger partial charge is 0.479 e. The van der Waals surface area contributed by atoms with E-state index in [0.29, 0.717) is 12.3 Å². The van der Waals surface area contributed by atoms with Crippen molar-refractivity contribution in [3.8, 4) is 5.75 Å². The number of carbonyl (C=O) groups is 1. The molecule has 0 aliphatic rings. The molecule has 1 atom stereocenters. The lowest BCUT2D eigenvalue weighted by Gasteiger charge is -2.15. The fourth-order valence-corrected chi connectivity index (χ4v) is 1.94. The van der Waals surface area contributed by atoms with Crippen LogP contribution < -0.4 is 15.6 Å². The zero-order valence-corrected chi connectivity index (χ0v) is 13.0. The van der Waals surface area contributed by atoms with Gasteiger partial charge in [0, 0.05) is 6.20 Å². The summed E-state index contributed by atoms with van der Waals surface area (Å²) in [5.74, 6) is -0.556. The maximum Gasteiger partial charge on any atom is 0.417 e. The normalized spacial score (nSPS) is 12.5. The molecular weight excluding hydrogens is 349 g/mol. The minimum atomic E-state index is -4.65. The molecular formula is C15H12ClF3N2O3. The number of benzene rings is 1. The molecule has 0 unspecified atom stereocenters. The molecule has 2 aromatic rings. The highest BCUT2D eigenvalue weighted by atomic mass is 35.5. The molecule has 9 heteroatoms. The molecule has 1 heterocycles. The number of alkyl halides is 3. The number of hydrogen-bond acceptors (Lipinski definition) is 3. The minimum absolute atomic E-state index is 0.236. The van der Waals surface area contributed by atoms with Gasteiger partial charge in [0.25, 0.3) is 11.5 Å². The molecule has 0 saturated carbocycles. The number of pyridine rings is 1. The molecule has 0 spiro atoms. The average molecular weight is 361 g/mol. The number of H-pyrrole nitrogens is 1. The molecule has 0 aliphatic carbocycles. The van der Waals surface area contributed by atoms with Crippen LogP contribution in [0.2, 0.25) is 5.02 Å². The summed E-state index contributed by atoms with van der Waals surface area (Å²) in [6, 6.07) is 6.95. The highest BCUT2D eigenvalue weighted by Gasteiger charge is 2.31. The third kappa shape index (κ3) is 4.29. The number of ether oxygens (including phenoxy) is 1. The Hall–Kier alpha value is -2.48. The van der Waals surface area contributed by atoms with Gasteiger partial charge in [0.2, 0.25) is 0 Å². The van der Waals surface area contributed by atoms with Crippen molar-refractivity contribution in [2.45, 2.75) is 19.2 Å². The predicted molar refractivity (Wildman–Crippen MR) is 82.2 cm³/mol. The van der Waals surface area contributed by atoms with Gasteiger partial charge in [-0.05, 0) is 25.1 Å². The van der Waals surface area contributed by atoms with E-state index in [2.05, 4.69) is 5.32 Å². The Morgan fingerprint density at radius 3 is 2.62 bits per heavy atom. The Bertz CT molecular complexity index is 805. The van der Waals surface area contributed by atoms with Crippen LogP contribution in [0.15, 0.2) is 41.3 Å². The van der Waals surface area contributed by atoms with Gasteiger partial charge in [-0.15, -0.1) is 0 Å². The van der Waals surface area contributed by atoms with Crippen molar-refractivity contribution < 1.29 is 22.7 Å². The molecule has 0 bridgehead atoms. The second-order valence-corrected chi connectivity index (χ2v) is 5.22. The monoisotopic (exact) mass is 360 g/mol. The van der Waals surface area contributed by atoms with Gasteiger partial charge in [-0.2, -0.15) is 13.2 Å². The average Bonchev–Trinajstić information content (AvgIpc) is 2.50. The van der Waals surface area contributed by atoms with Gasteiger partial charge in [0.1, 0.15) is 11.4 Å². The van der Waals surface area contributed by atoms with E-state index in [9.17, 15) is 22.8 Å². The predicted octanol–water partition coefficient (Wildman–Crippen LogP) is 3.45. The lowest BCUT2D eigenvalue weighted by atomic mass is 10.2. The van der Waals surface area contributed by atoms with Crippen molar-refractivity contribution in [3.05, 3.63) is 57.5 Å². The Morgan fingerprint density at radius 1 is 1.33 bits per heavy atom. The first-order chi connectivity index (χ1) is 11.2. The Balaban J connectivity index is 2.14. The zero-order valence-electron chi connectivity index (χ0n) is 12.3. The van der Waals surface area contributed by atoms with Gasteiger partial charge in [0.05, 0.1) is 10.6 Å². The van der Waals surface area contributed by atoms with Crippen LogP contribution in [-0.4, -0.2) is 17.0 Å². The number of rotatable bonds is 4. The van der Waals surface area contributed by atoms with Gasteiger partial charge < -0.3 is 15.0 Å². The van der Waals surface area contributed by atoms with E-state index in [-0.39, 0.29) is 10.8 Å². The molecule has 5 nitrogen and oxygen atoms in total. The Kier molecular flexibility index (Phi) is 5.18. The van der Waals surface area contributed by atoms with Crippen molar-refractivity contribution in [1.82, 2.24) is 4.98 Å². The zero-order chi connectivity index (χ0) is 17.9. The molecule has 2 rings (SSSR count). The summed E-state index contributed by atoms with van der Waals surface area (Å²) in [6.07, 6.45) is -5.20. The van der Waals surface area contributed by atoms with Crippen molar-refractivity contribution in [2.24, 2.45) is 0 Å². The summed E-state index contributed by atoms with van der Waals surface area (Å²) in [4.78, 5) is 25.5. The summed E-state index contributed by atoms with van der Waals surface area (Å²) < 4.78 is 43.3. The molecule has 1 amide bonds. The molecule has 2 N–H and O–H groups in total.